The number of carbonyl (C=O) groups excluding carboxylic acids is 1. The Labute approximate surface area is 127 Å². The van der Waals surface area contributed by atoms with Crippen LogP contribution in [0.15, 0.2) is 18.2 Å². The Hall–Kier alpha value is -1.01. The van der Waals surface area contributed by atoms with Crippen LogP contribution in [-0.4, -0.2) is 37.8 Å². The van der Waals surface area contributed by atoms with E-state index >= 15 is 0 Å². The van der Waals surface area contributed by atoms with Crippen molar-refractivity contribution in [3.05, 3.63) is 27.3 Å². The molecule has 0 atom stereocenters. The van der Waals surface area contributed by atoms with Crippen molar-refractivity contribution in [2.45, 2.75) is 5.25 Å². The van der Waals surface area contributed by atoms with Crippen LogP contribution in [0.1, 0.15) is 10.4 Å². The summed E-state index contributed by atoms with van der Waals surface area (Å²) in [6.45, 7) is -1.53. The minimum atomic E-state index is -5.57. The molecule has 112 valence electrons. The maximum absolute atomic E-state index is 12.9. The van der Waals surface area contributed by atoms with Crippen LogP contribution in [0.5, 0.6) is 5.75 Å². The Morgan fingerprint density at radius 2 is 2.10 bits per heavy atom. The molecule has 0 saturated carbocycles. The molecule has 0 bridgehead atoms. The van der Waals surface area contributed by atoms with E-state index in [0.29, 0.717) is 9.32 Å². The summed E-state index contributed by atoms with van der Waals surface area (Å²) < 4.78 is 60.6. The number of hydrogen-bond acceptors (Lipinski definition) is 4. The van der Waals surface area contributed by atoms with Gasteiger partial charge in [-0.1, -0.05) is 0 Å². The van der Waals surface area contributed by atoms with E-state index in [-0.39, 0.29) is 5.56 Å². The van der Waals surface area contributed by atoms with Crippen LogP contribution in [0.25, 0.3) is 0 Å². The van der Waals surface area contributed by atoms with Crippen molar-refractivity contribution in [3.8, 4) is 5.75 Å². The number of alkyl halides is 2. The Kier molecular flexibility index (Phi) is 5.27. The summed E-state index contributed by atoms with van der Waals surface area (Å²) in [5.41, 5.74) is 0.0217. The highest BCUT2D eigenvalue weighted by Gasteiger charge is 2.44. The summed E-state index contributed by atoms with van der Waals surface area (Å²) in [7, 11) is -4.19. The van der Waals surface area contributed by atoms with Crippen LogP contribution in [-0.2, 0) is 10.1 Å². The van der Waals surface area contributed by atoms with Crippen molar-refractivity contribution in [3.63, 3.8) is 0 Å². The van der Waals surface area contributed by atoms with Crippen molar-refractivity contribution >= 4 is 38.6 Å². The second kappa shape index (κ2) is 6.18. The van der Waals surface area contributed by atoms with Gasteiger partial charge in [0.2, 0.25) is 0 Å². The number of halogens is 3. The summed E-state index contributed by atoms with van der Waals surface area (Å²) in [6, 6.07) is 4.23. The van der Waals surface area contributed by atoms with Gasteiger partial charge in [0.25, 0.3) is 5.91 Å². The molecule has 1 amide bonds. The van der Waals surface area contributed by atoms with Crippen molar-refractivity contribution < 1.29 is 31.3 Å². The highest BCUT2D eigenvalue weighted by Crippen LogP contribution is 2.22. The van der Waals surface area contributed by atoms with Gasteiger partial charge < -0.3 is 10.1 Å². The molecular formula is C10H10F2INO5S. The number of nitrogens with one attached hydrogen (secondary N) is 1. The molecule has 0 aliphatic carbocycles. The normalized spacial score (nSPS) is 12.1. The van der Waals surface area contributed by atoms with Crippen LogP contribution >= 0.6 is 22.6 Å². The van der Waals surface area contributed by atoms with Gasteiger partial charge in [-0.25, -0.2) is 0 Å². The number of ether oxygens (including phenoxy) is 1. The third kappa shape index (κ3) is 3.99. The van der Waals surface area contributed by atoms with Gasteiger partial charge in [0, 0.05) is 5.56 Å². The number of carbonyl (C=O) groups is 1. The van der Waals surface area contributed by atoms with Gasteiger partial charge in [-0.3, -0.25) is 9.35 Å². The minimum absolute atomic E-state index is 0.0217. The maximum Gasteiger partial charge on any atom is 0.386 e. The van der Waals surface area contributed by atoms with Gasteiger partial charge in [0.15, 0.2) is 0 Å². The zero-order chi connectivity index (χ0) is 15.6. The van der Waals surface area contributed by atoms with E-state index in [1.807, 2.05) is 22.6 Å². The predicted octanol–water partition coefficient (Wildman–Crippen LogP) is 1.51. The highest BCUT2D eigenvalue weighted by molar-refractivity contribution is 14.1. The molecule has 0 aromatic heterocycles. The van der Waals surface area contributed by atoms with Crippen LogP contribution in [0.2, 0.25) is 0 Å². The van der Waals surface area contributed by atoms with Gasteiger partial charge in [-0.05, 0) is 40.8 Å². The SMILES string of the molecule is COc1cc(C(=O)NCC(F)(F)S(=O)(=O)O)ccc1I. The molecule has 0 heterocycles. The fourth-order valence-electron chi connectivity index (χ4n) is 1.18. The summed E-state index contributed by atoms with van der Waals surface area (Å²) in [5.74, 6) is -0.539. The van der Waals surface area contributed by atoms with E-state index in [4.69, 9.17) is 9.29 Å². The van der Waals surface area contributed by atoms with Crippen molar-refractivity contribution in [2.75, 3.05) is 13.7 Å². The molecule has 6 nitrogen and oxygen atoms in total. The first-order valence-electron chi connectivity index (χ1n) is 5.05. The third-order valence-electron chi connectivity index (χ3n) is 2.25. The molecule has 0 unspecified atom stereocenters. The van der Waals surface area contributed by atoms with Crippen molar-refractivity contribution in [1.82, 2.24) is 5.32 Å². The second-order valence-electron chi connectivity index (χ2n) is 3.64. The fourth-order valence-corrected chi connectivity index (χ4v) is 1.99. The summed E-state index contributed by atoms with van der Waals surface area (Å²) >= 11 is 1.96. The first-order chi connectivity index (χ1) is 9.08. The lowest BCUT2D eigenvalue weighted by atomic mass is 10.2. The van der Waals surface area contributed by atoms with Crippen LogP contribution < -0.4 is 10.1 Å². The van der Waals surface area contributed by atoms with E-state index < -0.39 is 27.8 Å². The van der Waals surface area contributed by atoms with E-state index in [9.17, 15) is 22.0 Å². The summed E-state index contributed by atoms with van der Waals surface area (Å²) in [5, 5.41) is -2.72. The van der Waals surface area contributed by atoms with Gasteiger partial charge in [0.05, 0.1) is 17.2 Å². The lowest BCUT2D eigenvalue weighted by Gasteiger charge is -2.14. The maximum atomic E-state index is 12.9. The van der Waals surface area contributed by atoms with Crippen LogP contribution in [0, 0.1) is 3.57 Å². The molecule has 0 aliphatic rings. The predicted molar refractivity (Wildman–Crippen MR) is 74.5 cm³/mol. The molecule has 20 heavy (non-hydrogen) atoms. The van der Waals surface area contributed by atoms with Crippen LogP contribution in [0.3, 0.4) is 0 Å². The average Bonchev–Trinajstić information content (AvgIpc) is 2.35. The van der Waals surface area contributed by atoms with E-state index in [1.165, 1.54) is 25.3 Å². The summed E-state index contributed by atoms with van der Waals surface area (Å²) in [6.07, 6.45) is 0. The largest absolute Gasteiger partial charge is 0.496 e. The lowest BCUT2D eigenvalue weighted by Crippen LogP contribution is -2.41. The second-order valence-corrected chi connectivity index (χ2v) is 6.35. The number of methoxy groups -OCH3 is 1. The Morgan fingerprint density at radius 1 is 1.50 bits per heavy atom. The van der Waals surface area contributed by atoms with E-state index in [1.54, 1.807) is 5.32 Å². The zero-order valence-corrected chi connectivity index (χ0v) is 13.0. The minimum Gasteiger partial charge on any atom is -0.496 e. The monoisotopic (exact) mass is 421 g/mol. The molecule has 10 heteroatoms. The number of amides is 1. The van der Waals surface area contributed by atoms with Crippen molar-refractivity contribution in [1.29, 1.82) is 0 Å². The lowest BCUT2D eigenvalue weighted by molar-refractivity contribution is 0.0699. The third-order valence-corrected chi connectivity index (χ3v) is 4.04. The molecule has 0 saturated heterocycles. The average molecular weight is 421 g/mol. The van der Waals surface area contributed by atoms with Gasteiger partial charge in [-0.2, -0.15) is 17.2 Å². The molecular weight excluding hydrogens is 411 g/mol. The van der Waals surface area contributed by atoms with E-state index in [2.05, 4.69) is 0 Å². The first-order valence-corrected chi connectivity index (χ1v) is 7.57. The quantitative estimate of drug-likeness (QED) is 0.556. The zero-order valence-electron chi connectivity index (χ0n) is 10.1. The Bertz CT molecular complexity index is 620. The number of benzene rings is 1. The molecule has 0 spiro atoms. The molecule has 1 aromatic rings. The molecule has 0 fully saturated rings. The van der Waals surface area contributed by atoms with E-state index in [0.717, 1.165) is 0 Å². The molecule has 0 aliphatic heterocycles. The Balaban J connectivity index is 2.83. The van der Waals surface area contributed by atoms with Crippen LogP contribution in [0.4, 0.5) is 8.78 Å². The molecule has 1 aromatic carbocycles. The molecule has 1 rings (SSSR count). The first kappa shape index (κ1) is 17.0. The highest BCUT2D eigenvalue weighted by atomic mass is 127. The smallest absolute Gasteiger partial charge is 0.386 e. The number of rotatable bonds is 5. The molecule has 2 N–H and O–H groups in total. The summed E-state index contributed by atoms with van der Waals surface area (Å²) in [4.78, 5) is 11.6. The standard InChI is InChI=1S/C10H10F2INO5S/c1-19-8-4-6(2-3-7(8)13)9(15)14-5-10(11,12)20(16,17)18/h2-4H,5H2,1H3,(H,14,15)(H,16,17,18). The topological polar surface area (TPSA) is 92.7 Å². The van der Waals surface area contributed by atoms with Crippen molar-refractivity contribution in [2.24, 2.45) is 0 Å². The van der Waals surface area contributed by atoms with Gasteiger partial charge >= 0.3 is 15.4 Å². The Morgan fingerprint density at radius 3 is 2.60 bits per heavy atom. The fraction of sp³-hybridized carbons (Fsp3) is 0.300. The van der Waals surface area contributed by atoms with Gasteiger partial charge in [0.1, 0.15) is 5.75 Å². The van der Waals surface area contributed by atoms with Gasteiger partial charge in [-0.15, -0.1) is 0 Å². The molecule has 0 radical (unpaired) electrons. The number of hydrogen-bond donors (Lipinski definition) is 2.